The van der Waals surface area contributed by atoms with Gasteiger partial charge in [-0.05, 0) is 75.8 Å². The predicted octanol–water partition coefficient (Wildman–Crippen LogP) is 6.56. The molecule has 3 aliphatic heterocycles. The summed E-state index contributed by atoms with van der Waals surface area (Å²) in [4.78, 5) is 69.5. The van der Waals surface area contributed by atoms with Gasteiger partial charge in [0.05, 0.1) is 47.5 Å². The second-order valence-electron chi connectivity index (χ2n) is 18.0. The summed E-state index contributed by atoms with van der Waals surface area (Å²) in [5.41, 5.74) is 9.36. The van der Waals surface area contributed by atoms with Crippen molar-refractivity contribution in [3.8, 4) is 22.5 Å². The van der Waals surface area contributed by atoms with Crippen LogP contribution in [0.1, 0.15) is 83.7 Å². The van der Waals surface area contributed by atoms with Crippen molar-refractivity contribution >= 4 is 114 Å². The molecule has 5 atom stereocenters. The van der Waals surface area contributed by atoms with Crippen molar-refractivity contribution in [2.75, 3.05) is 47.0 Å². The molecule has 0 spiro atoms. The number of cyclic esters (lactones) is 1. The van der Waals surface area contributed by atoms with E-state index in [9.17, 15) is 19.2 Å². The van der Waals surface area contributed by atoms with Crippen molar-refractivity contribution in [3.05, 3.63) is 58.2 Å². The number of hydrogen-bond donors (Lipinski definition) is 2. The quantitative estimate of drug-likeness (QED) is 0.185. The Kier molecular flexibility index (Phi) is 22.9. The van der Waals surface area contributed by atoms with Gasteiger partial charge in [0.25, 0.3) is 5.91 Å². The summed E-state index contributed by atoms with van der Waals surface area (Å²) in [6.07, 6.45) is 3.16. The number of hydrogen-bond acceptors (Lipinski definition) is 11. The Hall–Kier alpha value is -3.15. The Labute approximate surface area is 434 Å². The number of urea groups is 1. The van der Waals surface area contributed by atoms with Gasteiger partial charge in [-0.25, -0.2) is 15.2 Å². The van der Waals surface area contributed by atoms with Crippen LogP contribution in [0.3, 0.4) is 0 Å². The van der Waals surface area contributed by atoms with Crippen LogP contribution in [0.4, 0.5) is 4.79 Å². The molecule has 7 rings (SSSR count). The lowest BCUT2D eigenvalue weighted by Crippen LogP contribution is -2.62. The van der Waals surface area contributed by atoms with Gasteiger partial charge in [0.1, 0.15) is 18.1 Å². The zero-order valence-corrected chi connectivity index (χ0v) is 45.8. The van der Waals surface area contributed by atoms with Gasteiger partial charge in [-0.15, -0.1) is 11.3 Å². The molecule has 67 heavy (non-hydrogen) atoms. The molecule has 2 fully saturated rings. The minimum Gasteiger partial charge on any atom is -0.464 e. The molecule has 15 nitrogen and oxygen atoms in total. The number of esters is 1. The molecular weight excluding hydrogens is 969 g/mol. The van der Waals surface area contributed by atoms with Crippen LogP contribution in [0.5, 0.6) is 0 Å². The number of carbonyl (C=O) groups excluding carboxylic acids is 4. The van der Waals surface area contributed by atoms with Crippen molar-refractivity contribution in [3.63, 3.8) is 0 Å². The number of fused-ring (bicyclic) bond motifs is 6. The highest BCUT2D eigenvalue weighted by molar-refractivity contribution is 7.60. The molecule has 3 aliphatic rings. The Balaban J connectivity index is 0.00000308. The van der Waals surface area contributed by atoms with E-state index in [4.69, 9.17) is 24.2 Å². The van der Waals surface area contributed by atoms with Gasteiger partial charge in [-0.2, -0.15) is 67.5 Å². The molecule has 0 unspecified atom stereocenters. The number of amides is 4. The number of likely N-dealkylation sites (N-methyl/N-ethyl adjacent to an activating group) is 1. The first-order valence-electron chi connectivity index (χ1n) is 21.9. The summed E-state index contributed by atoms with van der Waals surface area (Å²) in [7, 11) is 3.32. The third-order valence-electron chi connectivity index (χ3n) is 12.3. The van der Waals surface area contributed by atoms with Crippen LogP contribution >= 0.6 is 78.8 Å². The Morgan fingerprint density at radius 3 is 2.49 bits per heavy atom. The van der Waals surface area contributed by atoms with Crippen molar-refractivity contribution in [1.29, 1.82) is 0 Å². The fourth-order valence-corrected chi connectivity index (χ4v) is 9.93. The van der Waals surface area contributed by atoms with Gasteiger partial charge >= 0.3 is 12.0 Å². The molecule has 21 heteroatoms. The normalized spacial score (nSPS) is 20.3. The molecule has 4 aromatic rings. The summed E-state index contributed by atoms with van der Waals surface area (Å²) in [6, 6.07) is 7.49. The number of thiazole rings is 1. The third kappa shape index (κ3) is 13.2. The molecule has 0 aliphatic carbocycles. The minimum absolute atomic E-state index is 0. The summed E-state index contributed by atoms with van der Waals surface area (Å²) >= 11 is 1.42. The minimum atomic E-state index is -1.05. The third-order valence-corrected chi connectivity index (χ3v) is 13.2. The Morgan fingerprint density at radius 2 is 1.82 bits per heavy atom. The molecule has 6 bridgehead atoms. The van der Waals surface area contributed by atoms with Crippen LogP contribution in [0.25, 0.3) is 33.4 Å². The largest absolute Gasteiger partial charge is 0.464 e. The number of morpholine rings is 1. The van der Waals surface area contributed by atoms with Crippen LogP contribution in [-0.4, -0.2) is 124 Å². The highest BCUT2D eigenvalue weighted by Gasteiger charge is 2.39. The lowest BCUT2D eigenvalue weighted by molar-refractivity contribution is -0.155. The number of carbonyl (C=O) groups is 4. The number of hydrazine groups is 1. The number of ether oxygens (including phenoxy) is 3. The molecule has 1 aromatic carbocycles. The second kappa shape index (κ2) is 25.6. The van der Waals surface area contributed by atoms with Gasteiger partial charge in [-0.1, -0.05) is 33.8 Å². The maximum absolute atomic E-state index is 14.6. The number of aromatic nitrogens is 3. The fourth-order valence-electron chi connectivity index (χ4n) is 9.08. The molecule has 374 valence electrons. The highest BCUT2D eigenvalue weighted by atomic mass is 32.1. The Morgan fingerprint density at radius 1 is 1.09 bits per heavy atom. The lowest BCUT2D eigenvalue weighted by Gasteiger charge is -2.38. The standard InChI is InChI=1S/C46H62N8O7S.5H2S/c1-10-53-37-16-15-30-21-32(37)33(41(53)31-13-11-17-47-39(31)29(5)59-9)23-46(6,7)26-61-44(57)34-14-12-18-54(50-34)43(56)35(22-38-48-36(30)25-62-38)49-42(55)40(27(2)3)51(8)45(58)52-19-20-60-28(4)24-52;;;;;/h11,13,15-17,21,25,27-29,34-35,40,50H,10,12,14,18-20,22-24,26H2,1-9H3,(H,49,55);5*1H2/t28-,29-,34-,35-,40-;;;;;/m0...../s1. The maximum atomic E-state index is 14.6. The molecule has 0 radical (unpaired) electrons. The average Bonchev–Trinajstić information content (AvgIpc) is 3.85. The average molecular weight is 1040 g/mol. The van der Waals surface area contributed by atoms with E-state index in [1.807, 2.05) is 39.1 Å². The van der Waals surface area contributed by atoms with Crippen LogP contribution in [0.2, 0.25) is 0 Å². The van der Waals surface area contributed by atoms with Gasteiger partial charge in [0, 0.05) is 85.8 Å². The number of aryl methyl sites for hydroxylation is 1. The second-order valence-corrected chi connectivity index (χ2v) is 18.9. The maximum Gasteiger partial charge on any atom is 0.324 e. The van der Waals surface area contributed by atoms with Crippen molar-refractivity contribution in [2.45, 2.75) is 111 Å². The number of benzene rings is 1. The number of nitrogens with one attached hydrogen (secondary N) is 2. The first-order chi connectivity index (χ1) is 29.6. The lowest BCUT2D eigenvalue weighted by atomic mass is 9.84. The van der Waals surface area contributed by atoms with Crippen LogP contribution in [0.15, 0.2) is 41.9 Å². The monoisotopic (exact) mass is 1040 g/mol. The summed E-state index contributed by atoms with van der Waals surface area (Å²) in [6.45, 7) is 16.5. The molecule has 3 aromatic heterocycles. The SMILES string of the molecule is CCn1c(-c2cccnc2[C@H](C)OC)c2c3cc(ccc31)-c1csc(n1)C[C@H](NC(=O)[C@H](C(C)C)N(C)C(=O)N1CCO[C@@H](C)C1)C(=O)N1CCC[C@H](N1)C(=O)OCC(C)(C)C2.S.S.S.S.S. The van der Waals surface area contributed by atoms with E-state index < -0.39 is 41.3 Å². The summed E-state index contributed by atoms with van der Waals surface area (Å²) in [5, 5.41) is 8.17. The van der Waals surface area contributed by atoms with E-state index in [0.29, 0.717) is 57.1 Å². The highest BCUT2D eigenvalue weighted by Crippen LogP contribution is 2.42. The molecule has 6 heterocycles. The van der Waals surface area contributed by atoms with Gasteiger partial charge in [0.15, 0.2) is 0 Å². The van der Waals surface area contributed by atoms with E-state index in [-0.39, 0.29) is 105 Å². The zero-order chi connectivity index (χ0) is 44.5. The van der Waals surface area contributed by atoms with E-state index in [2.05, 4.69) is 60.3 Å². The number of nitrogens with zero attached hydrogens (tertiary/aromatic N) is 6. The van der Waals surface area contributed by atoms with Crippen molar-refractivity contribution in [2.24, 2.45) is 11.3 Å². The first kappa shape index (κ1) is 60.0. The zero-order valence-electron chi connectivity index (χ0n) is 40.0. The van der Waals surface area contributed by atoms with Crippen molar-refractivity contribution in [1.82, 2.24) is 40.1 Å². The van der Waals surface area contributed by atoms with E-state index >= 15 is 0 Å². The van der Waals surface area contributed by atoms with Gasteiger partial charge in [-0.3, -0.25) is 24.4 Å². The molecule has 2 saturated heterocycles. The number of methoxy groups -OCH3 is 1. The van der Waals surface area contributed by atoms with E-state index in [0.717, 1.165) is 44.7 Å². The number of rotatable bonds is 8. The van der Waals surface area contributed by atoms with Crippen LogP contribution in [-0.2, 0) is 48.0 Å². The van der Waals surface area contributed by atoms with Crippen LogP contribution < -0.4 is 10.7 Å². The first-order valence-corrected chi connectivity index (χ1v) is 22.7. The summed E-state index contributed by atoms with van der Waals surface area (Å²) < 4.78 is 19.9. The summed E-state index contributed by atoms with van der Waals surface area (Å²) in [5.74, 6) is -1.56. The predicted molar refractivity (Wildman–Crippen MR) is 290 cm³/mol. The molecule has 0 saturated carbocycles. The van der Waals surface area contributed by atoms with Gasteiger partial charge in [0.2, 0.25) is 5.91 Å². The smallest absolute Gasteiger partial charge is 0.324 e. The van der Waals surface area contributed by atoms with Crippen molar-refractivity contribution < 1.29 is 33.4 Å². The topological polar surface area (TPSA) is 160 Å². The molecular formula is C46H72N8O7S6. The molecule has 4 amide bonds. The molecule has 2 N–H and O–H groups in total. The van der Waals surface area contributed by atoms with E-state index in [1.54, 1.807) is 25.3 Å². The Bertz CT molecular complexity index is 2310. The van der Waals surface area contributed by atoms with Crippen LogP contribution in [0, 0.1) is 11.3 Å². The fraction of sp³-hybridized carbons (Fsp3) is 0.565. The van der Waals surface area contributed by atoms with E-state index in [1.165, 1.54) is 21.2 Å². The number of pyridine rings is 1. The van der Waals surface area contributed by atoms with Gasteiger partial charge < -0.3 is 33.9 Å².